The van der Waals surface area contributed by atoms with E-state index < -0.39 is 30.6 Å². The van der Waals surface area contributed by atoms with Crippen molar-refractivity contribution in [2.45, 2.75) is 18.6 Å². The second kappa shape index (κ2) is 10.3. The van der Waals surface area contributed by atoms with Crippen LogP contribution in [0.1, 0.15) is 29.8 Å². The lowest BCUT2D eigenvalue weighted by Gasteiger charge is -2.13. The summed E-state index contributed by atoms with van der Waals surface area (Å²) in [6, 6.07) is 12.8. The van der Waals surface area contributed by atoms with E-state index in [2.05, 4.69) is 0 Å². The minimum Gasteiger partial charge on any atom is -0.462 e. The van der Waals surface area contributed by atoms with Gasteiger partial charge in [-0.1, -0.05) is 47.5 Å². The second-order valence-corrected chi connectivity index (χ2v) is 6.55. The van der Waals surface area contributed by atoms with Crippen LogP contribution in [0.15, 0.2) is 48.5 Å². The van der Waals surface area contributed by atoms with Crippen LogP contribution >= 0.6 is 23.2 Å². The van der Waals surface area contributed by atoms with E-state index in [-0.39, 0.29) is 13.2 Å². The maximum atomic E-state index is 11.7. The molecule has 0 saturated heterocycles. The molecule has 27 heavy (non-hydrogen) atoms. The Morgan fingerprint density at radius 3 is 1.41 bits per heavy atom. The van der Waals surface area contributed by atoms with Crippen LogP contribution in [0.5, 0.6) is 0 Å². The number of aliphatic hydroxyl groups is 2. The molecule has 0 aliphatic heterocycles. The lowest BCUT2D eigenvalue weighted by molar-refractivity contribution is -0.157. The van der Waals surface area contributed by atoms with Crippen molar-refractivity contribution < 1.29 is 29.3 Å². The number of aliphatic hydroxyl groups excluding tert-OH is 2. The fraction of sp³-hybridized carbons (Fsp3) is 0.263. The van der Waals surface area contributed by atoms with Gasteiger partial charge in [-0.2, -0.15) is 0 Å². The van der Waals surface area contributed by atoms with Crippen LogP contribution in [-0.2, 0) is 19.1 Å². The quantitative estimate of drug-likeness (QED) is 0.510. The maximum Gasteiger partial charge on any atom is 0.317 e. The van der Waals surface area contributed by atoms with Gasteiger partial charge in [0.2, 0.25) is 0 Å². The minimum atomic E-state index is -1.03. The highest BCUT2D eigenvalue weighted by Crippen LogP contribution is 2.18. The van der Waals surface area contributed by atoms with Crippen LogP contribution in [-0.4, -0.2) is 35.4 Å². The average molecular weight is 413 g/mol. The molecule has 0 bridgehead atoms. The van der Waals surface area contributed by atoms with Crippen molar-refractivity contribution >= 4 is 35.1 Å². The number of esters is 2. The molecule has 0 spiro atoms. The molecule has 2 unspecified atom stereocenters. The Hall–Kier alpha value is -2.12. The van der Waals surface area contributed by atoms with Crippen LogP contribution in [0.4, 0.5) is 0 Å². The average Bonchev–Trinajstić information content (AvgIpc) is 2.65. The molecule has 2 rings (SSSR count). The first kappa shape index (κ1) is 21.2. The zero-order chi connectivity index (χ0) is 19.8. The van der Waals surface area contributed by atoms with Crippen molar-refractivity contribution in [3.8, 4) is 0 Å². The van der Waals surface area contributed by atoms with E-state index in [1.807, 2.05) is 0 Å². The number of ether oxygens (including phenoxy) is 2. The monoisotopic (exact) mass is 412 g/mol. The molecule has 2 aromatic carbocycles. The Morgan fingerprint density at radius 1 is 0.741 bits per heavy atom. The van der Waals surface area contributed by atoms with Crippen molar-refractivity contribution in [2.24, 2.45) is 0 Å². The Kier molecular flexibility index (Phi) is 8.06. The van der Waals surface area contributed by atoms with Gasteiger partial charge in [-0.3, -0.25) is 9.59 Å². The van der Waals surface area contributed by atoms with Crippen molar-refractivity contribution in [1.29, 1.82) is 0 Å². The van der Waals surface area contributed by atoms with Crippen molar-refractivity contribution in [1.82, 2.24) is 0 Å². The number of hydrogen-bond donors (Lipinski definition) is 2. The molecule has 6 nitrogen and oxygen atoms in total. The number of benzene rings is 2. The van der Waals surface area contributed by atoms with E-state index in [1.165, 1.54) is 0 Å². The van der Waals surface area contributed by atoms with Crippen molar-refractivity contribution in [3.63, 3.8) is 0 Å². The van der Waals surface area contributed by atoms with Crippen molar-refractivity contribution in [3.05, 3.63) is 69.7 Å². The van der Waals surface area contributed by atoms with Gasteiger partial charge in [0.15, 0.2) is 0 Å². The Morgan fingerprint density at radius 2 is 1.07 bits per heavy atom. The highest BCUT2D eigenvalue weighted by atomic mass is 35.5. The predicted molar refractivity (Wildman–Crippen MR) is 99.4 cm³/mol. The Balaban J connectivity index is 1.71. The predicted octanol–water partition coefficient (Wildman–Crippen LogP) is 3.24. The zero-order valence-electron chi connectivity index (χ0n) is 14.2. The summed E-state index contributed by atoms with van der Waals surface area (Å²) < 4.78 is 9.73. The fourth-order valence-corrected chi connectivity index (χ4v) is 2.38. The molecule has 2 atom stereocenters. The molecule has 8 heteroatoms. The number of rotatable bonds is 8. The van der Waals surface area contributed by atoms with E-state index in [9.17, 15) is 19.8 Å². The summed E-state index contributed by atoms with van der Waals surface area (Å²) in [6.07, 6.45) is -2.69. The van der Waals surface area contributed by atoms with E-state index in [1.54, 1.807) is 48.5 Å². The van der Waals surface area contributed by atoms with E-state index in [4.69, 9.17) is 32.7 Å². The first-order valence-electron chi connectivity index (χ1n) is 8.03. The molecular formula is C19H18Cl2O6. The molecule has 0 fully saturated rings. The molecular weight excluding hydrogens is 395 g/mol. The third kappa shape index (κ3) is 7.19. The van der Waals surface area contributed by atoms with Crippen LogP contribution in [0.3, 0.4) is 0 Å². The molecule has 0 radical (unpaired) electrons. The molecule has 2 aromatic rings. The summed E-state index contributed by atoms with van der Waals surface area (Å²) >= 11 is 11.5. The van der Waals surface area contributed by atoms with Gasteiger partial charge in [0.25, 0.3) is 0 Å². The van der Waals surface area contributed by atoms with Crippen molar-refractivity contribution in [2.75, 3.05) is 13.2 Å². The molecule has 0 saturated carbocycles. The van der Waals surface area contributed by atoms with Gasteiger partial charge in [-0.15, -0.1) is 0 Å². The van der Waals surface area contributed by atoms with Crippen LogP contribution in [0, 0.1) is 0 Å². The molecule has 0 aromatic heterocycles. The van der Waals surface area contributed by atoms with Gasteiger partial charge in [-0.05, 0) is 35.4 Å². The van der Waals surface area contributed by atoms with Gasteiger partial charge in [0.1, 0.15) is 31.8 Å². The molecule has 0 heterocycles. The first-order chi connectivity index (χ1) is 12.8. The molecule has 0 aliphatic rings. The fourth-order valence-electron chi connectivity index (χ4n) is 2.13. The summed E-state index contributed by atoms with van der Waals surface area (Å²) in [7, 11) is 0. The SMILES string of the molecule is O=C(CC(=O)OCC(O)c1ccc(Cl)cc1)OCC(O)c1ccc(Cl)cc1. The van der Waals surface area contributed by atoms with Gasteiger partial charge in [-0.25, -0.2) is 0 Å². The summed E-state index contributed by atoms with van der Waals surface area (Å²) in [4.78, 5) is 23.3. The molecule has 0 aliphatic carbocycles. The van der Waals surface area contributed by atoms with Crippen LogP contribution < -0.4 is 0 Å². The van der Waals surface area contributed by atoms with Gasteiger partial charge < -0.3 is 19.7 Å². The summed E-state index contributed by atoms with van der Waals surface area (Å²) in [5, 5.41) is 20.9. The highest BCUT2D eigenvalue weighted by molar-refractivity contribution is 6.30. The number of carbonyl (C=O) groups excluding carboxylic acids is 2. The summed E-state index contributed by atoms with van der Waals surface area (Å²) in [6.45, 7) is -0.609. The summed E-state index contributed by atoms with van der Waals surface area (Å²) in [5.41, 5.74) is 1.06. The zero-order valence-corrected chi connectivity index (χ0v) is 15.7. The van der Waals surface area contributed by atoms with E-state index in [0.717, 1.165) is 0 Å². The highest BCUT2D eigenvalue weighted by Gasteiger charge is 2.17. The maximum absolute atomic E-state index is 11.7. The molecule has 0 amide bonds. The lowest BCUT2D eigenvalue weighted by atomic mass is 10.1. The Labute approximate surface area is 166 Å². The number of hydrogen-bond acceptors (Lipinski definition) is 6. The normalized spacial score (nSPS) is 12.9. The van der Waals surface area contributed by atoms with Crippen LogP contribution in [0.2, 0.25) is 10.0 Å². The second-order valence-electron chi connectivity index (χ2n) is 5.68. The topological polar surface area (TPSA) is 93.1 Å². The smallest absolute Gasteiger partial charge is 0.317 e. The van der Waals surface area contributed by atoms with Gasteiger partial charge in [0, 0.05) is 10.0 Å². The third-order valence-corrected chi connectivity index (χ3v) is 4.11. The summed E-state index contributed by atoms with van der Waals surface area (Å²) in [5.74, 6) is -1.68. The van der Waals surface area contributed by atoms with Crippen LogP contribution in [0.25, 0.3) is 0 Å². The molecule has 2 N–H and O–H groups in total. The van der Waals surface area contributed by atoms with Gasteiger partial charge in [0.05, 0.1) is 0 Å². The number of carbonyl (C=O) groups is 2. The van der Waals surface area contributed by atoms with Gasteiger partial charge >= 0.3 is 11.9 Å². The third-order valence-electron chi connectivity index (χ3n) is 3.60. The number of halogens is 2. The lowest BCUT2D eigenvalue weighted by Crippen LogP contribution is -2.19. The van der Waals surface area contributed by atoms with E-state index >= 15 is 0 Å². The minimum absolute atomic E-state index is 0.304. The Bertz CT molecular complexity index is 695. The first-order valence-corrected chi connectivity index (χ1v) is 8.79. The largest absolute Gasteiger partial charge is 0.462 e. The standard InChI is InChI=1S/C19H18Cl2O6/c20-14-5-1-12(2-6-14)16(22)10-26-18(24)9-19(25)27-11-17(23)13-3-7-15(21)8-4-13/h1-8,16-17,22-23H,9-11H2. The molecule has 144 valence electrons. The van der Waals surface area contributed by atoms with E-state index in [0.29, 0.717) is 21.2 Å².